The Labute approximate surface area is 111 Å². The van der Waals surface area contributed by atoms with Crippen molar-refractivity contribution in [1.82, 2.24) is 4.90 Å². The number of carbonyl (C=O) groups excluding carboxylic acids is 1. The van der Waals surface area contributed by atoms with Gasteiger partial charge in [-0.05, 0) is 60.8 Å². The van der Waals surface area contributed by atoms with Crippen molar-refractivity contribution in [3.8, 4) is 0 Å². The molecule has 4 heteroatoms. The molecule has 0 spiro atoms. The Morgan fingerprint density at radius 3 is 2.75 bits per heavy atom. The maximum atomic E-state index is 10.8. The first-order valence-electron chi connectivity index (χ1n) is 5.77. The standard InChI is InChI=1S/C12H19IN2O/c1-3-7-14-12(13)10(2)6-8-15(9-16)11-4-5-11/h7,9,11H,3-6,8H2,1-2H3/b12-10+,14-7?. The van der Waals surface area contributed by atoms with E-state index in [9.17, 15) is 4.79 Å². The van der Waals surface area contributed by atoms with E-state index in [4.69, 9.17) is 0 Å². The molecule has 0 aromatic rings. The number of hydrogen-bond donors (Lipinski definition) is 0. The maximum absolute atomic E-state index is 10.8. The van der Waals surface area contributed by atoms with Gasteiger partial charge in [-0.3, -0.25) is 9.79 Å². The van der Waals surface area contributed by atoms with Crippen molar-refractivity contribution in [2.24, 2.45) is 4.99 Å². The second-order valence-corrected chi connectivity index (χ2v) is 5.14. The highest BCUT2D eigenvalue weighted by Crippen LogP contribution is 2.26. The van der Waals surface area contributed by atoms with Crippen LogP contribution in [0.1, 0.15) is 39.5 Å². The fourth-order valence-corrected chi connectivity index (χ4v) is 1.88. The summed E-state index contributed by atoms with van der Waals surface area (Å²) >= 11 is 2.26. The van der Waals surface area contributed by atoms with Crippen molar-refractivity contribution in [2.45, 2.75) is 45.6 Å². The van der Waals surface area contributed by atoms with E-state index in [0.29, 0.717) is 6.04 Å². The minimum absolute atomic E-state index is 0.516. The second kappa shape index (κ2) is 7.04. The number of rotatable bonds is 7. The van der Waals surface area contributed by atoms with Crippen LogP contribution < -0.4 is 0 Å². The molecule has 0 saturated heterocycles. The fourth-order valence-electron chi connectivity index (χ4n) is 1.41. The largest absolute Gasteiger partial charge is 0.342 e. The number of hydrogen-bond acceptors (Lipinski definition) is 2. The summed E-state index contributed by atoms with van der Waals surface area (Å²) in [4.78, 5) is 17.1. The molecular formula is C12H19IN2O. The second-order valence-electron chi connectivity index (χ2n) is 4.12. The number of nitrogens with zero attached hydrogens (tertiary/aromatic N) is 2. The minimum Gasteiger partial charge on any atom is -0.342 e. The molecule has 0 N–H and O–H groups in total. The van der Waals surface area contributed by atoms with Crippen LogP contribution in [0, 0.1) is 0 Å². The zero-order chi connectivity index (χ0) is 12.0. The molecule has 16 heavy (non-hydrogen) atoms. The fraction of sp³-hybridized carbons (Fsp3) is 0.667. The molecule has 1 aliphatic carbocycles. The van der Waals surface area contributed by atoms with E-state index >= 15 is 0 Å². The Morgan fingerprint density at radius 1 is 1.56 bits per heavy atom. The summed E-state index contributed by atoms with van der Waals surface area (Å²) in [6.45, 7) is 4.99. The van der Waals surface area contributed by atoms with E-state index in [1.807, 2.05) is 11.1 Å². The van der Waals surface area contributed by atoms with E-state index in [-0.39, 0.29) is 0 Å². The first kappa shape index (κ1) is 13.7. The summed E-state index contributed by atoms with van der Waals surface area (Å²) in [6.07, 6.45) is 7.13. The first-order valence-corrected chi connectivity index (χ1v) is 6.85. The summed E-state index contributed by atoms with van der Waals surface area (Å²) in [5, 5.41) is 0. The molecular weight excluding hydrogens is 315 g/mol. The molecule has 0 aliphatic heterocycles. The van der Waals surface area contributed by atoms with Gasteiger partial charge in [-0.15, -0.1) is 0 Å². The summed E-state index contributed by atoms with van der Waals surface area (Å²) in [6, 6.07) is 0.516. The smallest absolute Gasteiger partial charge is 0.209 e. The Bertz CT molecular complexity index is 295. The summed E-state index contributed by atoms with van der Waals surface area (Å²) < 4.78 is 1.06. The molecule has 1 amide bonds. The molecule has 1 aliphatic rings. The van der Waals surface area contributed by atoms with Crippen LogP contribution in [0.3, 0.4) is 0 Å². The molecule has 0 aromatic heterocycles. The maximum Gasteiger partial charge on any atom is 0.209 e. The Balaban J connectivity index is 2.40. The molecule has 1 fully saturated rings. The summed E-state index contributed by atoms with van der Waals surface area (Å²) in [7, 11) is 0. The van der Waals surface area contributed by atoms with Gasteiger partial charge >= 0.3 is 0 Å². The monoisotopic (exact) mass is 334 g/mol. The lowest BCUT2D eigenvalue weighted by Crippen LogP contribution is -2.25. The average molecular weight is 334 g/mol. The van der Waals surface area contributed by atoms with Gasteiger partial charge in [0.2, 0.25) is 6.41 Å². The van der Waals surface area contributed by atoms with Gasteiger partial charge in [0.15, 0.2) is 0 Å². The van der Waals surface area contributed by atoms with Crippen molar-refractivity contribution < 1.29 is 4.79 Å². The minimum atomic E-state index is 0.516. The number of amides is 1. The van der Waals surface area contributed by atoms with Gasteiger partial charge in [-0.1, -0.05) is 6.92 Å². The summed E-state index contributed by atoms with van der Waals surface area (Å²) in [5.74, 6) is 0. The topological polar surface area (TPSA) is 32.7 Å². The van der Waals surface area contributed by atoms with Crippen LogP contribution in [0.15, 0.2) is 14.3 Å². The third-order valence-electron chi connectivity index (χ3n) is 2.64. The quantitative estimate of drug-likeness (QED) is 0.305. The predicted molar refractivity (Wildman–Crippen MR) is 75.9 cm³/mol. The molecule has 0 radical (unpaired) electrons. The zero-order valence-electron chi connectivity index (χ0n) is 9.95. The molecule has 0 bridgehead atoms. The van der Waals surface area contributed by atoms with Gasteiger partial charge < -0.3 is 4.90 Å². The first-order chi connectivity index (χ1) is 7.69. The van der Waals surface area contributed by atoms with Crippen LogP contribution in [-0.4, -0.2) is 30.1 Å². The van der Waals surface area contributed by atoms with Gasteiger partial charge in [0, 0.05) is 18.8 Å². The number of aliphatic imine (C=N–C) groups is 1. The summed E-state index contributed by atoms with van der Waals surface area (Å²) in [5.41, 5.74) is 1.26. The number of halogens is 1. The van der Waals surface area contributed by atoms with Gasteiger partial charge in [-0.25, -0.2) is 0 Å². The van der Waals surface area contributed by atoms with E-state index in [2.05, 4.69) is 41.4 Å². The van der Waals surface area contributed by atoms with Crippen LogP contribution in [0.25, 0.3) is 0 Å². The molecule has 3 nitrogen and oxygen atoms in total. The van der Waals surface area contributed by atoms with Crippen LogP contribution in [0.5, 0.6) is 0 Å². The Kier molecular flexibility index (Phi) is 6.01. The normalized spacial score (nSPS) is 17.4. The van der Waals surface area contributed by atoms with Crippen molar-refractivity contribution in [3.63, 3.8) is 0 Å². The number of carbonyl (C=O) groups is 1. The Hall–Kier alpha value is -0.390. The molecule has 0 aromatic carbocycles. The van der Waals surface area contributed by atoms with Crippen molar-refractivity contribution >= 4 is 35.2 Å². The molecule has 1 saturated carbocycles. The SMILES string of the molecule is CCC=N/C(I)=C(\C)CCN(C=O)C1CC1. The third-order valence-corrected chi connectivity index (χ3v) is 3.83. The van der Waals surface area contributed by atoms with E-state index < -0.39 is 0 Å². The van der Waals surface area contributed by atoms with Crippen LogP contribution in [0.4, 0.5) is 0 Å². The highest BCUT2D eigenvalue weighted by molar-refractivity contribution is 14.1. The molecule has 0 atom stereocenters. The van der Waals surface area contributed by atoms with Gasteiger partial charge in [0.1, 0.15) is 0 Å². The van der Waals surface area contributed by atoms with E-state index in [0.717, 1.165) is 29.5 Å². The zero-order valence-corrected chi connectivity index (χ0v) is 12.1. The highest BCUT2D eigenvalue weighted by Gasteiger charge is 2.27. The Morgan fingerprint density at radius 2 is 2.25 bits per heavy atom. The average Bonchev–Trinajstić information content (AvgIpc) is 3.10. The molecule has 1 rings (SSSR count). The van der Waals surface area contributed by atoms with Crippen LogP contribution in [-0.2, 0) is 4.79 Å². The van der Waals surface area contributed by atoms with E-state index in [1.54, 1.807) is 0 Å². The molecule has 0 heterocycles. The van der Waals surface area contributed by atoms with Crippen molar-refractivity contribution in [1.29, 1.82) is 0 Å². The van der Waals surface area contributed by atoms with Crippen LogP contribution in [0.2, 0.25) is 0 Å². The predicted octanol–water partition coefficient (Wildman–Crippen LogP) is 3.14. The van der Waals surface area contributed by atoms with Gasteiger partial charge in [-0.2, -0.15) is 0 Å². The lowest BCUT2D eigenvalue weighted by atomic mass is 10.2. The lowest BCUT2D eigenvalue weighted by Gasteiger charge is -2.16. The van der Waals surface area contributed by atoms with Gasteiger partial charge in [0.05, 0.1) is 3.70 Å². The van der Waals surface area contributed by atoms with Gasteiger partial charge in [0.25, 0.3) is 0 Å². The van der Waals surface area contributed by atoms with Crippen LogP contribution >= 0.6 is 22.6 Å². The third kappa shape index (κ3) is 4.63. The molecule has 0 unspecified atom stereocenters. The highest BCUT2D eigenvalue weighted by atomic mass is 127. The lowest BCUT2D eigenvalue weighted by molar-refractivity contribution is -0.118. The molecule has 90 valence electrons. The van der Waals surface area contributed by atoms with E-state index in [1.165, 1.54) is 18.4 Å². The van der Waals surface area contributed by atoms with Crippen molar-refractivity contribution in [2.75, 3.05) is 6.54 Å². The van der Waals surface area contributed by atoms with Crippen molar-refractivity contribution in [3.05, 3.63) is 9.28 Å².